The number of nitrogens with one attached hydrogen (secondary N) is 1. The fraction of sp³-hybridized carbons (Fsp3) is 1.00. The largest absolute Gasteiger partial charge is 0.381 e. The highest BCUT2D eigenvalue weighted by molar-refractivity contribution is 4.88. The van der Waals surface area contributed by atoms with E-state index in [1.54, 1.807) is 0 Å². The third kappa shape index (κ3) is 3.94. The Morgan fingerprint density at radius 1 is 1.24 bits per heavy atom. The van der Waals surface area contributed by atoms with Crippen LogP contribution in [0.2, 0.25) is 0 Å². The minimum absolute atomic E-state index is 0.180. The zero-order chi connectivity index (χ0) is 12.0. The third-order valence-electron chi connectivity index (χ3n) is 4.21. The Morgan fingerprint density at radius 2 is 2.06 bits per heavy atom. The van der Waals surface area contributed by atoms with Gasteiger partial charge in [-0.15, -0.1) is 0 Å². The van der Waals surface area contributed by atoms with Gasteiger partial charge in [-0.3, -0.25) is 0 Å². The molecule has 2 rings (SSSR count). The smallest absolute Gasteiger partial charge is 0.0729 e. The monoisotopic (exact) mass is 241 g/mol. The van der Waals surface area contributed by atoms with E-state index in [2.05, 4.69) is 12.2 Å². The van der Waals surface area contributed by atoms with Gasteiger partial charge in [-0.1, -0.05) is 6.92 Å². The van der Waals surface area contributed by atoms with E-state index in [0.717, 1.165) is 45.1 Å². The summed E-state index contributed by atoms with van der Waals surface area (Å²) in [5, 5.41) is 3.41. The molecule has 1 unspecified atom stereocenters. The van der Waals surface area contributed by atoms with E-state index in [1.807, 2.05) is 0 Å². The van der Waals surface area contributed by atoms with Gasteiger partial charge in [0, 0.05) is 19.8 Å². The van der Waals surface area contributed by atoms with Crippen LogP contribution in [0.15, 0.2) is 0 Å². The van der Waals surface area contributed by atoms with Gasteiger partial charge in [0.2, 0.25) is 0 Å². The van der Waals surface area contributed by atoms with Crippen molar-refractivity contribution in [3.05, 3.63) is 0 Å². The van der Waals surface area contributed by atoms with Crippen molar-refractivity contribution in [2.45, 2.75) is 51.0 Å². The first kappa shape index (κ1) is 13.3. The van der Waals surface area contributed by atoms with Crippen LogP contribution in [0.5, 0.6) is 0 Å². The van der Waals surface area contributed by atoms with Gasteiger partial charge in [-0.25, -0.2) is 0 Å². The molecule has 0 radical (unpaired) electrons. The van der Waals surface area contributed by atoms with Gasteiger partial charge >= 0.3 is 0 Å². The van der Waals surface area contributed by atoms with Crippen molar-refractivity contribution in [3.8, 4) is 0 Å². The van der Waals surface area contributed by atoms with Crippen molar-refractivity contribution in [1.29, 1.82) is 0 Å². The van der Waals surface area contributed by atoms with Crippen molar-refractivity contribution >= 4 is 0 Å². The van der Waals surface area contributed by atoms with Crippen LogP contribution in [0.4, 0.5) is 0 Å². The molecule has 100 valence electrons. The van der Waals surface area contributed by atoms with Crippen LogP contribution >= 0.6 is 0 Å². The van der Waals surface area contributed by atoms with Crippen molar-refractivity contribution < 1.29 is 9.47 Å². The van der Waals surface area contributed by atoms with E-state index in [1.165, 1.54) is 32.2 Å². The molecule has 2 aliphatic rings. The van der Waals surface area contributed by atoms with Crippen LogP contribution < -0.4 is 5.32 Å². The number of ether oxygens (including phenoxy) is 2. The first-order valence-electron chi connectivity index (χ1n) is 7.27. The minimum atomic E-state index is 0.180. The highest BCUT2D eigenvalue weighted by atomic mass is 16.5. The SMILES string of the molecule is CCNCCCC1CCOC2(CCOCC2)C1. The highest BCUT2D eigenvalue weighted by Crippen LogP contribution is 2.38. The Morgan fingerprint density at radius 3 is 2.82 bits per heavy atom. The zero-order valence-corrected chi connectivity index (χ0v) is 11.2. The molecular weight excluding hydrogens is 214 g/mol. The Bertz CT molecular complexity index is 209. The Hall–Kier alpha value is -0.120. The van der Waals surface area contributed by atoms with Crippen LogP contribution in [-0.2, 0) is 9.47 Å². The molecular formula is C14H27NO2. The van der Waals surface area contributed by atoms with Crippen molar-refractivity contribution in [1.82, 2.24) is 5.32 Å². The van der Waals surface area contributed by atoms with E-state index in [9.17, 15) is 0 Å². The lowest BCUT2D eigenvalue weighted by Crippen LogP contribution is -2.44. The second kappa shape index (κ2) is 6.72. The highest BCUT2D eigenvalue weighted by Gasteiger charge is 2.38. The molecule has 0 aliphatic carbocycles. The Kier molecular flexibility index (Phi) is 5.26. The molecule has 2 aliphatic heterocycles. The van der Waals surface area contributed by atoms with Gasteiger partial charge in [0.05, 0.1) is 5.60 Å². The molecule has 17 heavy (non-hydrogen) atoms. The van der Waals surface area contributed by atoms with Gasteiger partial charge < -0.3 is 14.8 Å². The lowest BCUT2D eigenvalue weighted by Gasteiger charge is -2.43. The number of rotatable bonds is 5. The molecule has 1 atom stereocenters. The van der Waals surface area contributed by atoms with Crippen LogP contribution in [0.25, 0.3) is 0 Å². The van der Waals surface area contributed by atoms with E-state index in [-0.39, 0.29) is 5.60 Å². The molecule has 1 spiro atoms. The summed E-state index contributed by atoms with van der Waals surface area (Å²) < 4.78 is 11.5. The maximum Gasteiger partial charge on any atom is 0.0729 e. The Balaban J connectivity index is 1.72. The molecule has 1 N–H and O–H groups in total. The van der Waals surface area contributed by atoms with Crippen molar-refractivity contribution in [2.75, 3.05) is 32.9 Å². The summed E-state index contributed by atoms with van der Waals surface area (Å²) in [6.07, 6.45) is 7.41. The molecule has 3 heteroatoms. The summed E-state index contributed by atoms with van der Waals surface area (Å²) in [5.41, 5.74) is 0.180. The van der Waals surface area contributed by atoms with E-state index >= 15 is 0 Å². The topological polar surface area (TPSA) is 30.5 Å². The number of hydrogen-bond acceptors (Lipinski definition) is 3. The van der Waals surface area contributed by atoms with Gasteiger partial charge in [0.25, 0.3) is 0 Å². The molecule has 0 saturated carbocycles. The lowest BCUT2D eigenvalue weighted by molar-refractivity contribution is -0.147. The molecule has 0 aromatic heterocycles. The third-order valence-corrected chi connectivity index (χ3v) is 4.21. The molecule has 0 bridgehead atoms. The predicted molar refractivity (Wildman–Crippen MR) is 69.2 cm³/mol. The second-order valence-corrected chi connectivity index (χ2v) is 5.50. The van der Waals surface area contributed by atoms with Crippen LogP contribution in [0.3, 0.4) is 0 Å². The summed E-state index contributed by atoms with van der Waals surface area (Å²) in [6, 6.07) is 0. The molecule has 3 nitrogen and oxygen atoms in total. The van der Waals surface area contributed by atoms with Gasteiger partial charge in [0.1, 0.15) is 0 Å². The fourth-order valence-corrected chi connectivity index (χ4v) is 3.16. The minimum Gasteiger partial charge on any atom is -0.381 e. The molecule has 2 heterocycles. The molecule has 2 fully saturated rings. The summed E-state index contributed by atoms with van der Waals surface area (Å²) in [6.45, 7) is 7.19. The summed E-state index contributed by atoms with van der Waals surface area (Å²) >= 11 is 0. The second-order valence-electron chi connectivity index (χ2n) is 5.50. The maximum absolute atomic E-state index is 6.07. The summed E-state index contributed by atoms with van der Waals surface area (Å²) in [4.78, 5) is 0. The van der Waals surface area contributed by atoms with Crippen LogP contribution in [-0.4, -0.2) is 38.5 Å². The van der Waals surface area contributed by atoms with Gasteiger partial charge in [-0.2, -0.15) is 0 Å². The number of hydrogen-bond donors (Lipinski definition) is 1. The Labute approximate surface area is 105 Å². The predicted octanol–water partition coefficient (Wildman–Crippen LogP) is 2.35. The molecule has 0 aromatic carbocycles. The summed E-state index contributed by atoms with van der Waals surface area (Å²) in [7, 11) is 0. The molecule has 0 aromatic rings. The average Bonchev–Trinajstić information content (AvgIpc) is 2.36. The summed E-state index contributed by atoms with van der Waals surface area (Å²) in [5.74, 6) is 0.875. The van der Waals surface area contributed by atoms with E-state index in [0.29, 0.717) is 0 Å². The van der Waals surface area contributed by atoms with Crippen LogP contribution in [0.1, 0.15) is 45.4 Å². The lowest BCUT2D eigenvalue weighted by atomic mass is 9.79. The van der Waals surface area contributed by atoms with Gasteiger partial charge in [-0.05, 0) is 57.5 Å². The van der Waals surface area contributed by atoms with Crippen molar-refractivity contribution in [3.63, 3.8) is 0 Å². The zero-order valence-electron chi connectivity index (χ0n) is 11.2. The normalized spacial score (nSPS) is 28.4. The van der Waals surface area contributed by atoms with Gasteiger partial charge in [0.15, 0.2) is 0 Å². The van der Waals surface area contributed by atoms with Crippen molar-refractivity contribution in [2.24, 2.45) is 5.92 Å². The first-order chi connectivity index (χ1) is 8.35. The first-order valence-corrected chi connectivity index (χ1v) is 7.27. The maximum atomic E-state index is 6.07. The average molecular weight is 241 g/mol. The van der Waals surface area contributed by atoms with E-state index < -0.39 is 0 Å². The fourth-order valence-electron chi connectivity index (χ4n) is 3.16. The van der Waals surface area contributed by atoms with E-state index in [4.69, 9.17) is 9.47 Å². The molecule has 2 saturated heterocycles. The standard InChI is InChI=1S/C14H27NO2/c1-2-15-8-3-4-13-5-9-17-14(12-13)6-10-16-11-7-14/h13,15H,2-12H2,1H3. The van der Waals surface area contributed by atoms with Crippen LogP contribution in [0, 0.1) is 5.92 Å². The molecule has 0 amide bonds. The quantitative estimate of drug-likeness (QED) is 0.750.